The largest absolute Gasteiger partial charge is 0.348 e. The zero-order valence-electron chi connectivity index (χ0n) is 13.6. The van der Waals surface area contributed by atoms with Crippen LogP contribution in [0.5, 0.6) is 0 Å². The number of hydrogen-bond acceptors (Lipinski definition) is 2. The maximum Gasteiger partial charge on any atom is 0.251 e. The third-order valence-electron chi connectivity index (χ3n) is 4.30. The topological polar surface area (TPSA) is 29.1 Å². The van der Waals surface area contributed by atoms with Gasteiger partial charge in [0, 0.05) is 12.1 Å². The third-order valence-corrected chi connectivity index (χ3v) is 4.98. The highest BCUT2D eigenvalue weighted by Gasteiger charge is 2.09. The molecule has 0 saturated heterocycles. The summed E-state index contributed by atoms with van der Waals surface area (Å²) in [7, 11) is 0. The van der Waals surface area contributed by atoms with Crippen molar-refractivity contribution in [1.29, 1.82) is 0 Å². The van der Waals surface area contributed by atoms with Gasteiger partial charge in [0.25, 0.3) is 5.91 Å². The lowest BCUT2D eigenvalue weighted by molar-refractivity contribution is 0.0951. The molecule has 122 valence electrons. The molecule has 25 heavy (non-hydrogen) atoms. The highest BCUT2D eigenvalue weighted by Crippen LogP contribution is 2.25. The van der Waals surface area contributed by atoms with E-state index in [-0.39, 0.29) is 5.91 Å². The number of fused-ring (bicyclic) bond motifs is 1. The van der Waals surface area contributed by atoms with Gasteiger partial charge >= 0.3 is 0 Å². The predicted octanol–water partition coefficient (Wildman–Crippen LogP) is 5.50. The van der Waals surface area contributed by atoms with Crippen LogP contribution in [0.15, 0.2) is 83.6 Å². The molecule has 0 fully saturated rings. The van der Waals surface area contributed by atoms with Gasteiger partial charge in [0.15, 0.2) is 0 Å². The Kier molecular flexibility index (Phi) is 4.32. The molecule has 0 radical (unpaired) electrons. The Morgan fingerprint density at radius 3 is 2.52 bits per heavy atom. The van der Waals surface area contributed by atoms with Gasteiger partial charge in [-0.1, -0.05) is 54.6 Å². The molecule has 1 N–H and O–H groups in total. The SMILES string of the molecule is O=C(NCc1ccccc1-c1ccsc1)c1ccc2ccccc2c1. The van der Waals surface area contributed by atoms with E-state index in [1.807, 2.05) is 54.6 Å². The van der Waals surface area contributed by atoms with Crippen molar-refractivity contribution >= 4 is 28.0 Å². The van der Waals surface area contributed by atoms with E-state index >= 15 is 0 Å². The molecule has 1 aromatic heterocycles. The van der Waals surface area contributed by atoms with Crippen molar-refractivity contribution < 1.29 is 4.79 Å². The van der Waals surface area contributed by atoms with Crippen molar-refractivity contribution in [2.75, 3.05) is 0 Å². The lowest BCUT2D eigenvalue weighted by Gasteiger charge is -2.10. The number of nitrogens with one attached hydrogen (secondary N) is 1. The molecule has 0 unspecified atom stereocenters. The molecular formula is C22H17NOS. The van der Waals surface area contributed by atoms with Gasteiger partial charge in [0.05, 0.1) is 0 Å². The average molecular weight is 343 g/mol. The zero-order chi connectivity index (χ0) is 17.1. The Balaban J connectivity index is 1.54. The number of thiophene rings is 1. The zero-order valence-corrected chi connectivity index (χ0v) is 14.4. The van der Waals surface area contributed by atoms with Crippen LogP contribution >= 0.6 is 11.3 Å². The normalized spacial score (nSPS) is 10.7. The van der Waals surface area contributed by atoms with Gasteiger partial charge in [-0.05, 0) is 56.4 Å². The van der Waals surface area contributed by atoms with Crippen LogP contribution in [0.4, 0.5) is 0 Å². The Morgan fingerprint density at radius 2 is 1.68 bits per heavy atom. The monoisotopic (exact) mass is 343 g/mol. The van der Waals surface area contributed by atoms with Crippen molar-refractivity contribution in [2.24, 2.45) is 0 Å². The average Bonchev–Trinajstić information content (AvgIpc) is 3.20. The van der Waals surface area contributed by atoms with Crippen LogP contribution in [-0.2, 0) is 6.54 Å². The second-order valence-electron chi connectivity index (χ2n) is 5.91. The van der Waals surface area contributed by atoms with E-state index in [0.717, 1.165) is 16.3 Å². The molecule has 4 rings (SSSR count). The molecule has 0 aliphatic heterocycles. The Hall–Kier alpha value is -2.91. The van der Waals surface area contributed by atoms with Crippen LogP contribution in [0.25, 0.3) is 21.9 Å². The molecule has 0 bridgehead atoms. The first-order chi connectivity index (χ1) is 12.3. The highest BCUT2D eigenvalue weighted by atomic mass is 32.1. The van der Waals surface area contributed by atoms with Crippen molar-refractivity contribution in [3.05, 3.63) is 94.7 Å². The van der Waals surface area contributed by atoms with E-state index in [1.165, 1.54) is 11.1 Å². The van der Waals surface area contributed by atoms with Crippen LogP contribution in [-0.4, -0.2) is 5.91 Å². The smallest absolute Gasteiger partial charge is 0.251 e. The highest BCUT2D eigenvalue weighted by molar-refractivity contribution is 7.08. The number of hydrogen-bond donors (Lipinski definition) is 1. The molecule has 0 spiro atoms. The number of rotatable bonds is 4. The molecule has 0 aliphatic rings. The Morgan fingerprint density at radius 1 is 0.880 bits per heavy atom. The van der Waals surface area contributed by atoms with Gasteiger partial charge in [-0.2, -0.15) is 11.3 Å². The van der Waals surface area contributed by atoms with Gasteiger partial charge in [0.1, 0.15) is 0 Å². The first kappa shape index (κ1) is 15.6. The standard InChI is InChI=1S/C22H17NOS/c24-22(18-10-9-16-5-1-2-6-17(16)13-18)23-14-19-7-3-4-8-21(19)20-11-12-25-15-20/h1-13,15H,14H2,(H,23,24). The van der Waals surface area contributed by atoms with E-state index in [4.69, 9.17) is 0 Å². The van der Waals surface area contributed by atoms with Gasteiger partial charge in [-0.15, -0.1) is 0 Å². The quantitative estimate of drug-likeness (QED) is 0.521. The fraction of sp³-hybridized carbons (Fsp3) is 0.0455. The molecule has 2 nitrogen and oxygen atoms in total. The van der Waals surface area contributed by atoms with E-state index in [1.54, 1.807) is 11.3 Å². The third kappa shape index (κ3) is 3.32. The van der Waals surface area contributed by atoms with Crippen LogP contribution in [0.1, 0.15) is 15.9 Å². The molecular weight excluding hydrogens is 326 g/mol. The predicted molar refractivity (Wildman–Crippen MR) is 105 cm³/mol. The molecule has 1 heterocycles. The van der Waals surface area contributed by atoms with E-state index in [0.29, 0.717) is 12.1 Å². The summed E-state index contributed by atoms with van der Waals surface area (Å²) < 4.78 is 0. The molecule has 1 amide bonds. The summed E-state index contributed by atoms with van der Waals surface area (Å²) in [6.45, 7) is 0.512. The first-order valence-corrected chi connectivity index (χ1v) is 9.13. The second-order valence-corrected chi connectivity index (χ2v) is 6.69. The van der Waals surface area contributed by atoms with Crippen LogP contribution < -0.4 is 5.32 Å². The number of benzene rings is 3. The van der Waals surface area contributed by atoms with Crippen LogP contribution in [0, 0.1) is 0 Å². The van der Waals surface area contributed by atoms with Crippen molar-refractivity contribution in [2.45, 2.75) is 6.54 Å². The van der Waals surface area contributed by atoms with E-state index < -0.39 is 0 Å². The summed E-state index contributed by atoms with van der Waals surface area (Å²) in [5, 5.41) is 9.46. The van der Waals surface area contributed by atoms with Crippen molar-refractivity contribution in [1.82, 2.24) is 5.32 Å². The van der Waals surface area contributed by atoms with Crippen molar-refractivity contribution in [3.8, 4) is 11.1 Å². The molecule has 4 aromatic rings. The summed E-state index contributed by atoms with van der Waals surface area (Å²) >= 11 is 1.68. The summed E-state index contributed by atoms with van der Waals surface area (Å²) in [5.74, 6) is -0.0501. The van der Waals surface area contributed by atoms with E-state index in [2.05, 4.69) is 34.3 Å². The maximum atomic E-state index is 12.6. The molecule has 0 atom stereocenters. The van der Waals surface area contributed by atoms with Crippen LogP contribution in [0.2, 0.25) is 0 Å². The molecule has 0 aliphatic carbocycles. The number of amides is 1. The summed E-state index contributed by atoms with van der Waals surface area (Å²) in [6, 6.07) is 24.2. The minimum Gasteiger partial charge on any atom is -0.348 e. The second kappa shape index (κ2) is 6.91. The van der Waals surface area contributed by atoms with Gasteiger partial charge in [-0.25, -0.2) is 0 Å². The Bertz CT molecular complexity index is 1020. The van der Waals surface area contributed by atoms with E-state index in [9.17, 15) is 4.79 Å². The van der Waals surface area contributed by atoms with Crippen LogP contribution in [0.3, 0.4) is 0 Å². The lowest BCUT2D eigenvalue weighted by atomic mass is 10.0. The number of carbonyl (C=O) groups is 1. The maximum absolute atomic E-state index is 12.6. The summed E-state index contributed by atoms with van der Waals surface area (Å²) in [5.41, 5.74) is 4.17. The first-order valence-electron chi connectivity index (χ1n) is 8.19. The summed E-state index contributed by atoms with van der Waals surface area (Å²) in [4.78, 5) is 12.6. The minimum atomic E-state index is -0.0501. The minimum absolute atomic E-state index is 0.0501. The van der Waals surface area contributed by atoms with Crippen molar-refractivity contribution in [3.63, 3.8) is 0 Å². The van der Waals surface area contributed by atoms with Gasteiger partial charge in [0.2, 0.25) is 0 Å². The Labute approximate surface area is 150 Å². The van der Waals surface area contributed by atoms with Gasteiger partial charge < -0.3 is 5.32 Å². The fourth-order valence-corrected chi connectivity index (χ4v) is 3.64. The molecule has 3 aromatic carbocycles. The lowest BCUT2D eigenvalue weighted by Crippen LogP contribution is -2.23. The summed E-state index contributed by atoms with van der Waals surface area (Å²) in [6.07, 6.45) is 0. The molecule has 3 heteroatoms. The number of carbonyl (C=O) groups excluding carboxylic acids is 1. The fourth-order valence-electron chi connectivity index (χ4n) is 2.98. The molecule has 0 saturated carbocycles. The van der Waals surface area contributed by atoms with Gasteiger partial charge in [-0.3, -0.25) is 4.79 Å².